The molecule has 1 aromatic carbocycles. The number of sulfonamides is 1. The Morgan fingerprint density at radius 2 is 2.20 bits per heavy atom. The Bertz CT molecular complexity index is 878. The second-order valence-corrected chi connectivity index (χ2v) is 8.16. The van der Waals surface area contributed by atoms with Gasteiger partial charge in [0.15, 0.2) is 0 Å². The molecular formula is C17H21N3O4S. The number of ether oxygens (including phenoxy) is 2. The molecular weight excluding hydrogens is 342 g/mol. The lowest BCUT2D eigenvalue weighted by Crippen LogP contribution is -2.42. The maximum Gasteiger partial charge on any atom is 0.243 e. The molecule has 3 heterocycles. The fraction of sp³-hybridized carbons (Fsp3) is 0.471. The molecule has 1 aromatic heterocycles. The average Bonchev–Trinajstić information content (AvgIpc) is 3.30. The number of aromatic nitrogens is 2. The molecule has 0 aliphatic carbocycles. The van der Waals surface area contributed by atoms with Crippen LogP contribution >= 0.6 is 0 Å². The van der Waals surface area contributed by atoms with Crippen LogP contribution in [-0.2, 0) is 27.7 Å². The van der Waals surface area contributed by atoms with Crippen molar-refractivity contribution in [3.8, 4) is 5.75 Å². The first kappa shape index (κ1) is 16.6. The van der Waals surface area contributed by atoms with Gasteiger partial charge in [-0.3, -0.25) is 4.68 Å². The predicted octanol–water partition coefficient (Wildman–Crippen LogP) is 1.60. The van der Waals surface area contributed by atoms with Gasteiger partial charge >= 0.3 is 0 Å². The van der Waals surface area contributed by atoms with Crippen LogP contribution in [0.3, 0.4) is 0 Å². The summed E-state index contributed by atoms with van der Waals surface area (Å²) in [5.41, 5.74) is 1.86. The maximum absolute atomic E-state index is 13.0. The number of benzene rings is 1. The molecule has 0 radical (unpaired) electrons. The van der Waals surface area contributed by atoms with Gasteiger partial charge in [-0.15, -0.1) is 0 Å². The Labute approximate surface area is 147 Å². The van der Waals surface area contributed by atoms with Crippen molar-refractivity contribution in [3.63, 3.8) is 0 Å². The van der Waals surface area contributed by atoms with Crippen molar-refractivity contribution >= 4 is 10.0 Å². The average molecular weight is 363 g/mol. The van der Waals surface area contributed by atoms with Gasteiger partial charge < -0.3 is 9.47 Å². The molecule has 2 aromatic rings. The predicted molar refractivity (Wildman–Crippen MR) is 91.0 cm³/mol. The van der Waals surface area contributed by atoms with Gasteiger partial charge in [0.1, 0.15) is 5.75 Å². The Morgan fingerprint density at radius 3 is 3.00 bits per heavy atom. The highest BCUT2D eigenvalue weighted by Crippen LogP contribution is 2.31. The molecule has 7 nitrogen and oxygen atoms in total. The molecule has 0 bridgehead atoms. The van der Waals surface area contributed by atoms with E-state index >= 15 is 0 Å². The van der Waals surface area contributed by atoms with Crippen LogP contribution < -0.4 is 4.74 Å². The van der Waals surface area contributed by atoms with Crippen molar-refractivity contribution in [1.29, 1.82) is 0 Å². The quantitative estimate of drug-likeness (QED) is 0.825. The van der Waals surface area contributed by atoms with E-state index in [9.17, 15) is 8.42 Å². The van der Waals surface area contributed by atoms with Crippen LogP contribution in [0.25, 0.3) is 0 Å². The van der Waals surface area contributed by atoms with Gasteiger partial charge in [0, 0.05) is 37.8 Å². The minimum absolute atomic E-state index is 0.290. The standard InChI is InChI=1S/C17H21N3O4S/c1-2-19-11-14(10-18-19)17-12-20(6-8-24-17)25(21,22)15-3-4-16-13(9-15)5-7-23-16/h3-4,9-11,17H,2,5-8,12H2,1H3. The van der Waals surface area contributed by atoms with E-state index in [0.29, 0.717) is 31.2 Å². The summed E-state index contributed by atoms with van der Waals surface area (Å²) in [6.07, 6.45) is 4.12. The minimum Gasteiger partial charge on any atom is -0.493 e. The fourth-order valence-electron chi connectivity index (χ4n) is 3.24. The van der Waals surface area contributed by atoms with Gasteiger partial charge in [-0.05, 0) is 30.7 Å². The molecule has 134 valence electrons. The lowest BCUT2D eigenvalue weighted by molar-refractivity contribution is -0.00260. The van der Waals surface area contributed by atoms with Crippen molar-refractivity contribution in [2.45, 2.75) is 30.9 Å². The first-order chi connectivity index (χ1) is 12.1. The van der Waals surface area contributed by atoms with Crippen LogP contribution in [0.15, 0.2) is 35.5 Å². The van der Waals surface area contributed by atoms with Crippen molar-refractivity contribution in [1.82, 2.24) is 14.1 Å². The van der Waals surface area contributed by atoms with Crippen LogP contribution in [0.5, 0.6) is 5.75 Å². The van der Waals surface area contributed by atoms with E-state index in [4.69, 9.17) is 9.47 Å². The van der Waals surface area contributed by atoms with Gasteiger partial charge in [0.2, 0.25) is 10.0 Å². The second-order valence-electron chi connectivity index (χ2n) is 6.22. The highest BCUT2D eigenvalue weighted by atomic mass is 32.2. The van der Waals surface area contributed by atoms with Crippen molar-refractivity contribution in [2.24, 2.45) is 0 Å². The molecule has 1 unspecified atom stereocenters. The molecule has 0 spiro atoms. The molecule has 0 amide bonds. The van der Waals surface area contributed by atoms with Crippen LogP contribution in [0.4, 0.5) is 0 Å². The zero-order chi connectivity index (χ0) is 17.4. The van der Waals surface area contributed by atoms with Crippen LogP contribution in [0, 0.1) is 0 Å². The molecule has 8 heteroatoms. The molecule has 0 N–H and O–H groups in total. The molecule has 1 saturated heterocycles. The third kappa shape index (κ3) is 3.05. The summed E-state index contributed by atoms with van der Waals surface area (Å²) < 4.78 is 40.6. The number of rotatable bonds is 4. The van der Waals surface area contributed by atoms with Crippen molar-refractivity contribution < 1.29 is 17.9 Å². The topological polar surface area (TPSA) is 73.7 Å². The third-order valence-electron chi connectivity index (χ3n) is 4.68. The first-order valence-corrected chi connectivity index (χ1v) is 9.92. The summed E-state index contributed by atoms with van der Waals surface area (Å²) in [6, 6.07) is 5.11. The first-order valence-electron chi connectivity index (χ1n) is 8.48. The maximum atomic E-state index is 13.0. The fourth-order valence-corrected chi connectivity index (χ4v) is 4.71. The third-order valence-corrected chi connectivity index (χ3v) is 6.54. The lowest BCUT2D eigenvalue weighted by Gasteiger charge is -2.31. The number of fused-ring (bicyclic) bond motifs is 1. The largest absolute Gasteiger partial charge is 0.493 e. The summed E-state index contributed by atoms with van der Waals surface area (Å²) in [5, 5.41) is 4.25. The summed E-state index contributed by atoms with van der Waals surface area (Å²) >= 11 is 0. The Hall–Kier alpha value is -1.90. The van der Waals surface area contributed by atoms with E-state index in [-0.39, 0.29) is 6.10 Å². The van der Waals surface area contributed by atoms with Crippen LogP contribution in [0.1, 0.15) is 24.2 Å². The lowest BCUT2D eigenvalue weighted by atomic mass is 10.2. The van der Waals surface area contributed by atoms with Crippen LogP contribution in [0.2, 0.25) is 0 Å². The van der Waals surface area contributed by atoms with Gasteiger partial charge in [0.25, 0.3) is 0 Å². The summed E-state index contributed by atoms with van der Waals surface area (Å²) in [4.78, 5) is 0.321. The van der Waals surface area contributed by atoms with Gasteiger partial charge in [-0.2, -0.15) is 9.40 Å². The van der Waals surface area contributed by atoms with Crippen molar-refractivity contribution in [3.05, 3.63) is 41.7 Å². The van der Waals surface area contributed by atoms with E-state index in [0.717, 1.165) is 29.8 Å². The molecule has 25 heavy (non-hydrogen) atoms. The number of hydrogen-bond acceptors (Lipinski definition) is 5. The van der Waals surface area contributed by atoms with Crippen LogP contribution in [-0.4, -0.2) is 48.8 Å². The van der Waals surface area contributed by atoms with Gasteiger partial charge in [0.05, 0.1) is 30.4 Å². The van der Waals surface area contributed by atoms with Gasteiger partial charge in [-0.25, -0.2) is 8.42 Å². The molecule has 2 aliphatic rings. The smallest absolute Gasteiger partial charge is 0.243 e. The van der Waals surface area contributed by atoms with E-state index < -0.39 is 10.0 Å². The minimum atomic E-state index is -3.55. The number of nitrogens with zero attached hydrogens (tertiary/aromatic N) is 3. The highest BCUT2D eigenvalue weighted by Gasteiger charge is 2.32. The number of hydrogen-bond donors (Lipinski definition) is 0. The molecule has 4 rings (SSSR count). The molecule has 2 aliphatic heterocycles. The SMILES string of the molecule is CCn1cc(C2CN(S(=O)(=O)c3ccc4c(c3)CCO4)CCO2)cn1. The van der Waals surface area contributed by atoms with E-state index in [1.807, 2.05) is 17.8 Å². The Kier molecular flexibility index (Phi) is 4.26. The Morgan fingerprint density at radius 1 is 1.32 bits per heavy atom. The summed E-state index contributed by atoms with van der Waals surface area (Å²) in [5.74, 6) is 0.783. The number of morpholine rings is 1. The van der Waals surface area contributed by atoms with E-state index in [1.54, 1.807) is 24.4 Å². The zero-order valence-corrected chi connectivity index (χ0v) is 14.9. The number of aryl methyl sites for hydroxylation is 1. The molecule has 1 fully saturated rings. The molecule has 0 saturated carbocycles. The monoisotopic (exact) mass is 363 g/mol. The van der Waals surface area contributed by atoms with E-state index in [2.05, 4.69) is 5.10 Å². The zero-order valence-electron chi connectivity index (χ0n) is 14.1. The summed E-state index contributed by atoms with van der Waals surface area (Å²) in [6.45, 7) is 4.41. The molecule has 1 atom stereocenters. The Balaban J connectivity index is 1.57. The highest BCUT2D eigenvalue weighted by molar-refractivity contribution is 7.89. The normalized spacial score (nSPS) is 21.1. The summed E-state index contributed by atoms with van der Waals surface area (Å²) in [7, 11) is -3.55. The van der Waals surface area contributed by atoms with Crippen molar-refractivity contribution in [2.75, 3.05) is 26.3 Å². The van der Waals surface area contributed by atoms with Gasteiger partial charge in [-0.1, -0.05) is 0 Å². The van der Waals surface area contributed by atoms with E-state index in [1.165, 1.54) is 4.31 Å². The second kappa shape index (κ2) is 6.44.